The number of nitrogens with one attached hydrogen (secondary N) is 1. The lowest BCUT2D eigenvalue weighted by Gasteiger charge is -2.32. The molecule has 0 radical (unpaired) electrons. The maximum Gasteiger partial charge on any atom is 0.490 e. The Labute approximate surface area is 186 Å². The first-order chi connectivity index (χ1) is 14.9. The van der Waals surface area contributed by atoms with Crippen molar-refractivity contribution in [1.29, 1.82) is 0 Å². The molecule has 2 aliphatic rings. The minimum atomic E-state index is -5.76. The molecule has 7 atom stereocenters. The number of phosphoric ester groups is 1. The topological polar surface area (TPSA) is 279 Å². The molecule has 0 bridgehead atoms. The van der Waals surface area contributed by atoms with Crippen LogP contribution in [-0.4, -0.2) is 66.9 Å². The number of nitrogens with two attached hydrogens (primary N) is 1. The Kier molecular flexibility index (Phi) is 5.57. The molecule has 18 nitrogen and oxygen atoms in total. The molecule has 1 aliphatic carbocycles. The number of phosphoric acid groups is 3. The molecule has 3 heterocycles. The van der Waals surface area contributed by atoms with E-state index in [9.17, 15) is 33.4 Å². The minimum absolute atomic E-state index is 0.0394. The molecule has 0 aromatic carbocycles. The number of nitrogens with zero attached hydrogens (tertiary/aromatic N) is 3. The van der Waals surface area contributed by atoms with E-state index < -0.39 is 57.9 Å². The zero-order chi connectivity index (χ0) is 24.8. The smallest absolute Gasteiger partial charge is 0.382 e. The average Bonchev–Trinajstić information content (AvgIpc) is 2.89. The molecule has 33 heavy (non-hydrogen) atoms. The molecule has 2 aromatic rings. The summed E-state index contributed by atoms with van der Waals surface area (Å²) in [6, 6.07) is 0. The van der Waals surface area contributed by atoms with Crippen molar-refractivity contribution >= 4 is 52.2 Å². The number of aliphatic hydroxyl groups is 1. The molecule has 184 valence electrons. The second kappa shape index (κ2) is 7.38. The summed E-state index contributed by atoms with van der Waals surface area (Å²) in [5.74, 6) is -0.238. The van der Waals surface area contributed by atoms with Crippen molar-refractivity contribution in [3.63, 3.8) is 0 Å². The quantitative estimate of drug-likeness (QED) is 0.161. The highest BCUT2D eigenvalue weighted by Gasteiger charge is 2.84. The van der Waals surface area contributed by atoms with Crippen LogP contribution in [0.4, 0.5) is 5.95 Å². The van der Waals surface area contributed by atoms with Crippen LogP contribution in [-0.2, 0) is 31.6 Å². The van der Waals surface area contributed by atoms with Crippen molar-refractivity contribution in [1.82, 2.24) is 19.5 Å². The van der Waals surface area contributed by atoms with E-state index in [0.29, 0.717) is 0 Å². The van der Waals surface area contributed by atoms with Gasteiger partial charge in [0.15, 0.2) is 17.4 Å². The standard InChI is InChI=1S/C11H15ClN5O13P3/c1-10(12)8(17-2-14-3-6(17)15-9(13)16-7(3)18)27-4-5(11(4,10)19)28-32(23,24)30-33(25,26)29-31(20,21)22/h2,4-5,8,19H,1H3,(H,23,24)(H,25,26)(H2,20,21,22)(H3,13,15,16,18)/t4-,5?,8-,10+,11+/m1/s1. The summed E-state index contributed by atoms with van der Waals surface area (Å²) in [4.78, 5) is 56.3. The van der Waals surface area contributed by atoms with Gasteiger partial charge in [0, 0.05) is 0 Å². The van der Waals surface area contributed by atoms with E-state index in [0.717, 1.165) is 6.33 Å². The molecule has 3 unspecified atom stereocenters. The largest absolute Gasteiger partial charge is 0.490 e. The number of alkyl halides is 1. The summed E-state index contributed by atoms with van der Waals surface area (Å²) < 4.78 is 52.9. The summed E-state index contributed by atoms with van der Waals surface area (Å²) in [5.41, 5.74) is 2.56. The lowest BCUT2D eigenvalue weighted by molar-refractivity contribution is -0.0319. The van der Waals surface area contributed by atoms with E-state index in [1.54, 1.807) is 0 Å². The number of rotatable bonds is 7. The highest BCUT2D eigenvalue weighted by Crippen LogP contribution is 2.71. The number of halogens is 1. The zero-order valence-electron chi connectivity index (χ0n) is 16.0. The van der Waals surface area contributed by atoms with Crippen LogP contribution < -0.4 is 11.3 Å². The summed E-state index contributed by atoms with van der Waals surface area (Å²) >= 11 is 6.49. The van der Waals surface area contributed by atoms with Gasteiger partial charge in [-0.3, -0.25) is 18.9 Å². The molecule has 8 N–H and O–H groups in total. The number of aromatic amines is 1. The first kappa shape index (κ1) is 24.9. The van der Waals surface area contributed by atoms with Crippen LogP contribution in [0.1, 0.15) is 13.2 Å². The second-order valence-corrected chi connectivity index (χ2v) is 12.4. The van der Waals surface area contributed by atoms with Gasteiger partial charge in [0.2, 0.25) is 5.95 Å². The SMILES string of the molecule is C[C@]1(Cl)[C@H](n2cnc3c(=O)[nH]c(N)nc32)O[C@@H]2C(OP(=O)(O)OP(=O)(O)OP(=O)(O)O)[C@@]21O. The number of nitrogen functional groups attached to an aromatic ring is 1. The van der Waals surface area contributed by atoms with Crippen molar-refractivity contribution in [2.24, 2.45) is 0 Å². The van der Waals surface area contributed by atoms with E-state index in [1.807, 2.05) is 0 Å². The number of hydrogen-bond donors (Lipinski definition) is 7. The molecule has 0 spiro atoms. The summed E-state index contributed by atoms with van der Waals surface area (Å²) in [5, 5.41) is 11.0. The fourth-order valence-corrected chi connectivity index (χ4v) is 7.12. The van der Waals surface area contributed by atoms with Crippen LogP contribution >= 0.6 is 35.1 Å². The van der Waals surface area contributed by atoms with E-state index in [4.69, 9.17) is 31.9 Å². The predicted molar refractivity (Wildman–Crippen MR) is 104 cm³/mol. The van der Waals surface area contributed by atoms with E-state index >= 15 is 0 Å². The molecule has 1 saturated carbocycles. The van der Waals surface area contributed by atoms with Gasteiger partial charge in [-0.1, -0.05) is 0 Å². The van der Waals surface area contributed by atoms with Crippen LogP contribution in [0, 0.1) is 0 Å². The zero-order valence-corrected chi connectivity index (χ0v) is 19.4. The molecule has 4 rings (SSSR count). The van der Waals surface area contributed by atoms with Gasteiger partial charge in [-0.05, 0) is 6.92 Å². The number of hydrogen-bond acceptors (Lipinski definition) is 12. The van der Waals surface area contributed by atoms with Gasteiger partial charge >= 0.3 is 23.5 Å². The Bertz CT molecular complexity index is 1340. The van der Waals surface area contributed by atoms with Gasteiger partial charge in [0.05, 0.1) is 6.33 Å². The third-order valence-corrected chi connectivity index (χ3v) is 9.23. The van der Waals surface area contributed by atoms with Crippen LogP contribution in [0.2, 0.25) is 0 Å². The van der Waals surface area contributed by atoms with E-state index in [1.165, 1.54) is 11.5 Å². The Balaban J connectivity index is 1.56. The van der Waals surface area contributed by atoms with Gasteiger partial charge in [-0.2, -0.15) is 13.6 Å². The Morgan fingerprint density at radius 2 is 1.88 bits per heavy atom. The van der Waals surface area contributed by atoms with Crippen molar-refractivity contribution in [2.45, 2.75) is 35.8 Å². The van der Waals surface area contributed by atoms with Crippen LogP contribution in [0.5, 0.6) is 0 Å². The molecule has 1 aliphatic heterocycles. The third-order valence-electron chi connectivity index (χ3n) is 4.92. The number of anilines is 1. The highest BCUT2D eigenvalue weighted by molar-refractivity contribution is 7.66. The number of fused-ring (bicyclic) bond motifs is 2. The monoisotopic (exact) mass is 553 g/mol. The molecule has 2 fully saturated rings. The predicted octanol–water partition coefficient (Wildman–Crippen LogP) is -0.947. The van der Waals surface area contributed by atoms with Crippen LogP contribution in [0.3, 0.4) is 0 Å². The Morgan fingerprint density at radius 1 is 1.24 bits per heavy atom. The normalized spacial score (nSPS) is 35.2. The fraction of sp³-hybridized carbons (Fsp3) is 0.545. The number of aromatic nitrogens is 4. The maximum absolute atomic E-state index is 12.1. The Morgan fingerprint density at radius 3 is 2.42 bits per heavy atom. The fourth-order valence-electron chi connectivity index (χ4n) is 3.53. The van der Waals surface area contributed by atoms with Crippen molar-refractivity contribution in [3.8, 4) is 0 Å². The lowest BCUT2D eigenvalue weighted by Crippen LogP contribution is -2.44. The average molecular weight is 554 g/mol. The van der Waals surface area contributed by atoms with Crippen molar-refractivity contribution in [3.05, 3.63) is 16.7 Å². The van der Waals surface area contributed by atoms with Crippen LogP contribution in [0.15, 0.2) is 11.1 Å². The molecular weight excluding hydrogens is 539 g/mol. The number of ether oxygens (including phenoxy) is 1. The second-order valence-electron chi connectivity index (χ2n) is 7.20. The highest BCUT2D eigenvalue weighted by atomic mass is 35.5. The Hall–Kier alpha value is -1.23. The summed E-state index contributed by atoms with van der Waals surface area (Å²) in [6.07, 6.45) is -3.16. The third kappa shape index (κ3) is 4.21. The van der Waals surface area contributed by atoms with Gasteiger partial charge in [0.1, 0.15) is 22.7 Å². The maximum atomic E-state index is 12.1. The molecule has 1 saturated heterocycles. The summed E-state index contributed by atoms with van der Waals surface area (Å²) in [7, 11) is -16.9. The van der Waals surface area contributed by atoms with Gasteiger partial charge in [-0.15, -0.1) is 11.6 Å². The first-order valence-corrected chi connectivity index (χ1v) is 13.4. The van der Waals surface area contributed by atoms with E-state index in [2.05, 4.69) is 28.1 Å². The van der Waals surface area contributed by atoms with Crippen molar-refractivity contribution < 1.29 is 56.3 Å². The number of imidazole rings is 1. The first-order valence-electron chi connectivity index (χ1n) is 8.49. The molecule has 22 heteroatoms. The molecule has 0 amide bonds. The van der Waals surface area contributed by atoms with E-state index in [-0.39, 0.29) is 17.1 Å². The minimum Gasteiger partial charge on any atom is -0.382 e. The van der Waals surface area contributed by atoms with Crippen molar-refractivity contribution in [2.75, 3.05) is 5.73 Å². The number of H-pyrrole nitrogens is 1. The molecule has 2 aromatic heterocycles. The lowest BCUT2D eigenvalue weighted by atomic mass is 10.0. The van der Waals surface area contributed by atoms with Gasteiger partial charge < -0.3 is 35.2 Å². The molecular formula is C11H15ClN5O13P3. The van der Waals surface area contributed by atoms with Gasteiger partial charge in [0.25, 0.3) is 5.56 Å². The van der Waals surface area contributed by atoms with Crippen LogP contribution in [0.25, 0.3) is 11.2 Å². The summed E-state index contributed by atoms with van der Waals surface area (Å²) in [6.45, 7) is 1.27. The van der Waals surface area contributed by atoms with Gasteiger partial charge in [-0.25, -0.2) is 18.7 Å².